The molecule has 2 nitrogen and oxygen atoms in total. The van der Waals surface area contributed by atoms with Crippen LogP contribution < -0.4 is 10.1 Å². The summed E-state index contributed by atoms with van der Waals surface area (Å²) in [5.41, 5.74) is 2.41. The van der Waals surface area contributed by atoms with E-state index in [4.69, 9.17) is 4.74 Å². The maximum absolute atomic E-state index is 5.46. The van der Waals surface area contributed by atoms with E-state index in [1.54, 1.807) is 0 Å². The third-order valence-corrected chi connectivity index (χ3v) is 3.72. The van der Waals surface area contributed by atoms with Gasteiger partial charge in [0.2, 0.25) is 0 Å². The summed E-state index contributed by atoms with van der Waals surface area (Å²) in [7, 11) is 0. The molecule has 0 heterocycles. The number of halogens is 1. The third-order valence-electron chi connectivity index (χ3n) is 3.19. The van der Waals surface area contributed by atoms with E-state index in [1.165, 1.54) is 5.56 Å². The van der Waals surface area contributed by atoms with E-state index in [0.29, 0.717) is 12.6 Å². The van der Waals surface area contributed by atoms with Crippen molar-refractivity contribution in [2.75, 3.05) is 11.9 Å². The lowest BCUT2D eigenvalue weighted by Gasteiger charge is -2.19. The van der Waals surface area contributed by atoms with Gasteiger partial charge in [-0.05, 0) is 55.3 Å². The van der Waals surface area contributed by atoms with Gasteiger partial charge >= 0.3 is 0 Å². The highest BCUT2D eigenvalue weighted by Crippen LogP contribution is 2.25. The summed E-state index contributed by atoms with van der Waals surface area (Å²) < 4.78 is 6.57. The molecule has 0 aliphatic heterocycles. The molecule has 1 atom stereocenters. The van der Waals surface area contributed by atoms with Crippen LogP contribution in [0.3, 0.4) is 0 Å². The highest BCUT2D eigenvalue weighted by Gasteiger charge is 2.08. The first kappa shape index (κ1) is 14.9. The molecule has 0 aliphatic rings. The fourth-order valence-electron chi connectivity index (χ4n) is 2.13. The van der Waals surface area contributed by atoms with Crippen LogP contribution in [0.4, 0.5) is 5.69 Å². The van der Waals surface area contributed by atoms with E-state index in [-0.39, 0.29) is 0 Å². The first-order valence-corrected chi connectivity index (χ1v) is 7.77. The normalized spacial score (nSPS) is 11.9. The van der Waals surface area contributed by atoms with Crippen molar-refractivity contribution in [1.29, 1.82) is 0 Å². The molecule has 3 heteroatoms. The van der Waals surface area contributed by atoms with Gasteiger partial charge in [0.15, 0.2) is 0 Å². The molecule has 2 aromatic rings. The monoisotopic (exact) mass is 333 g/mol. The Hall–Kier alpha value is -1.48. The topological polar surface area (TPSA) is 21.3 Å². The highest BCUT2D eigenvalue weighted by molar-refractivity contribution is 9.10. The molecule has 0 aliphatic carbocycles. The molecule has 1 unspecified atom stereocenters. The Morgan fingerprint density at radius 1 is 1.00 bits per heavy atom. The predicted octanol–water partition coefficient (Wildman–Crippen LogP) is 5.41. The zero-order valence-electron chi connectivity index (χ0n) is 11.9. The summed E-state index contributed by atoms with van der Waals surface area (Å²) in [6, 6.07) is 16.9. The fourth-order valence-corrected chi connectivity index (χ4v) is 2.40. The van der Waals surface area contributed by atoms with Crippen LogP contribution in [0.1, 0.15) is 31.9 Å². The largest absolute Gasteiger partial charge is 0.494 e. The summed E-state index contributed by atoms with van der Waals surface area (Å²) >= 11 is 3.47. The van der Waals surface area contributed by atoms with Gasteiger partial charge in [0, 0.05) is 10.2 Å². The number of benzene rings is 2. The number of nitrogens with one attached hydrogen (secondary N) is 1. The molecule has 0 amide bonds. The van der Waals surface area contributed by atoms with E-state index in [1.807, 2.05) is 19.1 Å². The average molecular weight is 334 g/mol. The van der Waals surface area contributed by atoms with Gasteiger partial charge in [-0.1, -0.05) is 35.0 Å². The van der Waals surface area contributed by atoms with Crippen molar-refractivity contribution in [3.63, 3.8) is 0 Å². The van der Waals surface area contributed by atoms with Crippen LogP contribution in [0.2, 0.25) is 0 Å². The zero-order valence-corrected chi connectivity index (χ0v) is 13.5. The van der Waals surface area contributed by atoms with E-state index < -0.39 is 0 Å². The summed E-state index contributed by atoms with van der Waals surface area (Å²) in [5.74, 6) is 0.912. The van der Waals surface area contributed by atoms with Crippen molar-refractivity contribution in [1.82, 2.24) is 0 Å². The molecule has 0 aromatic heterocycles. The van der Waals surface area contributed by atoms with E-state index in [9.17, 15) is 0 Å². The minimum Gasteiger partial charge on any atom is -0.494 e. The smallest absolute Gasteiger partial charge is 0.119 e. The lowest BCUT2D eigenvalue weighted by atomic mass is 10.0. The van der Waals surface area contributed by atoms with Gasteiger partial charge in [0.1, 0.15) is 5.75 Å². The Kier molecular flexibility index (Phi) is 5.48. The van der Waals surface area contributed by atoms with Crippen LogP contribution in [0.15, 0.2) is 53.0 Å². The van der Waals surface area contributed by atoms with Crippen molar-refractivity contribution in [2.24, 2.45) is 0 Å². The second kappa shape index (κ2) is 7.34. The number of ether oxygens (including phenoxy) is 1. The van der Waals surface area contributed by atoms with Gasteiger partial charge in [0.05, 0.1) is 12.6 Å². The Labute approximate surface area is 129 Å². The van der Waals surface area contributed by atoms with Crippen LogP contribution in [0.25, 0.3) is 0 Å². The average Bonchev–Trinajstić information content (AvgIpc) is 2.48. The number of anilines is 1. The molecule has 2 aromatic carbocycles. The van der Waals surface area contributed by atoms with Crippen LogP contribution in [0.5, 0.6) is 5.75 Å². The van der Waals surface area contributed by atoms with Gasteiger partial charge in [-0.3, -0.25) is 0 Å². The van der Waals surface area contributed by atoms with E-state index >= 15 is 0 Å². The Bertz CT molecular complexity index is 522. The summed E-state index contributed by atoms with van der Waals surface area (Å²) in [5, 5.41) is 3.56. The van der Waals surface area contributed by atoms with Crippen LogP contribution >= 0.6 is 15.9 Å². The minimum absolute atomic E-state index is 0.320. The number of hydrogen-bond donors (Lipinski definition) is 1. The molecule has 0 radical (unpaired) electrons. The predicted molar refractivity (Wildman–Crippen MR) is 88.4 cm³/mol. The van der Waals surface area contributed by atoms with Gasteiger partial charge in [-0.2, -0.15) is 0 Å². The molecule has 0 fully saturated rings. The number of rotatable bonds is 6. The summed E-state index contributed by atoms with van der Waals surface area (Å²) in [6.07, 6.45) is 1.04. The Morgan fingerprint density at radius 3 is 2.20 bits per heavy atom. The molecular weight excluding hydrogens is 314 g/mol. The summed E-state index contributed by atoms with van der Waals surface area (Å²) in [6.45, 7) is 4.88. The van der Waals surface area contributed by atoms with Crippen LogP contribution in [-0.2, 0) is 0 Å². The fraction of sp³-hybridized carbons (Fsp3) is 0.294. The highest BCUT2D eigenvalue weighted by atomic mass is 79.9. The molecule has 0 saturated carbocycles. The first-order valence-electron chi connectivity index (χ1n) is 6.97. The maximum Gasteiger partial charge on any atom is 0.119 e. The Balaban J connectivity index is 2.07. The minimum atomic E-state index is 0.320. The molecule has 2 rings (SSSR count). The lowest BCUT2D eigenvalue weighted by Crippen LogP contribution is -2.09. The van der Waals surface area contributed by atoms with Crippen LogP contribution in [-0.4, -0.2) is 6.61 Å². The molecule has 1 N–H and O–H groups in total. The van der Waals surface area contributed by atoms with Crippen molar-refractivity contribution in [3.05, 3.63) is 58.6 Å². The second-order valence-corrected chi connectivity index (χ2v) is 5.53. The van der Waals surface area contributed by atoms with Crippen molar-refractivity contribution in [3.8, 4) is 5.75 Å². The summed E-state index contributed by atoms with van der Waals surface area (Å²) in [4.78, 5) is 0. The lowest BCUT2D eigenvalue weighted by molar-refractivity contribution is 0.340. The SMILES string of the molecule is CCOc1ccc(NC(CC)c2ccc(Br)cc2)cc1. The molecule has 0 saturated heterocycles. The van der Waals surface area contributed by atoms with Crippen LogP contribution in [0, 0.1) is 0 Å². The van der Waals surface area contributed by atoms with Crippen molar-refractivity contribution >= 4 is 21.6 Å². The Morgan fingerprint density at radius 2 is 1.65 bits per heavy atom. The van der Waals surface area contributed by atoms with E-state index in [0.717, 1.165) is 22.3 Å². The van der Waals surface area contributed by atoms with E-state index in [2.05, 4.69) is 64.6 Å². The molecular formula is C17H20BrNO. The standard InChI is InChI=1S/C17H20BrNO/c1-3-17(13-5-7-14(18)8-6-13)19-15-9-11-16(12-10-15)20-4-2/h5-12,17,19H,3-4H2,1-2H3. The van der Waals surface area contributed by atoms with Crippen molar-refractivity contribution in [2.45, 2.75) is 26.3 Å². The maximum atomic E-state index is 5.46. The van der Waals surface area contributed by atoms with Crippen molar-refractivity contribution < 1.29 is 4.74 Å². The second-order valence-electron chi connectivity index (χ2n) is 4.61. The van der Waals surface area contributed by atoms with Gasteiger partial charge in [-0.15, -0.1) is 0 Å². The molecule has 20 heavy (non-hydrogen) atoms. The van der Waals surface area contributed by atoms with Gasteiger partial charge in [0.25, 0.3) is 0 Å². The zero-order chi connectivity index (χ0) is 14.4. The molecule has 106 valence electrons. The van der Waals surface area contributed by atoms with Gasteiger partial charge < -0.3 is 10.1 Å². The number of hydrogen-bond acceptors (Lipinski definition) is 2. The third kappa shape index (κ3) is 4.01. The van der Waals surface area contributed by atoms with Gasteiger partial charge in [-0.25, -0.2) is 0 Å². The first-order chi connectivity index (χ1) is 9.72. The molecule has 0 bridgehead atoms. The molecule has 0 spiro atoms. The quantitative estimate of drug-likeness (QED) is 0.762.